The summed E-state index contributed by atoms with van der Waals surface area (Å²) in [4.78, 5) is 0. The first kappa shape index (κ1) is 18.4. The smallest absolute Gasteiger partial charge is 0.160 e. The van der Waals surface area contributed by atoms with Crippen molar-refractivity contribution >= 4 is 0 Å². The summed E-state index contributed by atoms with van der Waals surface area (Å²) in [7, 11) is 2.96. The minimum absolute atomic E-state index is 0.0294. The van der Waals surface area contributed by atoms with Crippen molar-refractivity contribution < 1.29 is 29.5 Å². The van der Waals surface area contributed by atoms with Gasteiger partial charge >= 0.3 is 0 Å². The van der Waals surface area contributed by atoms with E-state index < -0.39 is 11.7 Å². The normalized spacial score (nSPS) is 28.1. The predicted molar refractivity (Wildman–Crippen MR) is 95.7 cm³/mol. The molecule has 6 heteroatoms. The fourth-order valence-electron chi connectivity index (χ4n) is 3.46. The Balaban J connectivity index is 1.98. The van der Waals surface area contributed by atoms with Crippen LogP contribution in [0.25, 0.3) is 0 Å². The average Bonchev–Trinajstić information content (AvgIpc) is 2.86. The highest BCUT2D eigenvalue weighted by Gasteiger charge is 2.51. The molecule has 2 aromatic rings. The third kappa shape index (κ3) is 2.95. The van der Waals surface area contributed by atoms with E-state index in [4.69, 9.17) is 14.2 Å². The summed E-state index contributed by atoms with van der Waals surface area (Å²) in [5, 5.41) is 30.7. The highest BCUT2D eigenvalue weighted by Crippen LogP contribution is 2.52. The molecule has 0 unspecified atom stereocenters. The zero-order chi connectivity index (χ0) is 19.1. The van der Waals surface area contributed by atoms with E-state index in [9.17, 15) is 15.3 Å². The Morgan fingerprint density at radius 3 is 1.96 bits per heavy atom. The number of rotatable bonds is 4. The third-order valence-corrected chi connectivity index (χ3v) is 5.23. The first-order valence-corrected chi connectivity index (χ1v) is 8.41. The van der Waals surface area contributed by atoms with Gasteiger partial charge in [0.05, 0.1) is 25.9 Å². The van der Waals surface area contributed by atoms with Crippen LogP contribution in [0.3, 0.4) is 0 Å². The van der Waals surface area contributed by atoms with Gasteiger partial charge in [-0.3, -0.25) is 0 Å². The highest BCUT2D eigenvalue weighted by molar-refractivity contribution is 5.45. The fraction of sp³-hybridized carbons (Fsp3) is 0.400. The molecule has 0 radical (unpaired) electrons. The Morgan fingerprint density at radius 1 is 0.923 bits per heavy atom. The van der Waals surface area contributed by atoms with Gasteiger partial charge in [-0.1, -0.05) is 19.1 Å². The maximum absolute atomic E-state index is 11.1. The lowest BCUT2D eigenvalue weighted by molar-refractivity contribution is -0.0445. The quantitative estimate of drug-likeness (QED) is 0.775. The molecule has 26 heavy (non-hydrogen) atoms. The topological polar surface area (TPSA) is 88.4 Å². The van der Waals surface area contributed by atoms with Gasteiger partial charge in [-0.25, -0.2) is 0 Å². The van der Waals surface area contributed by atoms with Crippen LogP contribution in [0.1, 0.15) is 37.2 Å². The molecule has 0 aliphatic carbocycles. The van der Waals surface area contributed by atoms with E-state index in [2.05, 4.69) is 0 Å². The summed E-state index contributed by atoms with van der Waals surface area (Å²) in [6.45, 7) is 3.65. The molecule has 0 amide bonds. The van der Waals surface area contributed by atoms with Crippen LogP contribution < -0.4 is 9.47 Å². The second-order valence-corrected chi connectivity index (χ2v) is 6.81. The number of aromatic hydroxyl groups is 2. The van der Waals surface area contributed by atoms with E-state index in [1.165, 1.54) is 20.3 Å². The average molecular weight is 360 g/mol. The second-order valence-electron chi connectivity index (χ2n) is 6.81. The molecular weight excluding hydrogens is 336 g/mol. The van der Waals surface area contributed by atoms with Crippen molar-refractivity contribution in [2.24, 2.45) is 5.92 Å². The molecule has 1 aliphatic heterocycles. The second kappa shape index (κ2) is 6.70. The van der Waals surface area contributed by atoms with Crippen LogP contribution in [0.2, 0.25) is 0 Å². The van der Waals surface area contributed by atoms with Gasteiger partial charge in [-0.15, -0.1) is 0 Å². The third-order valence-electron chi connectivity index (χ3n) is 5.23. The Morgan fingerprint density at radius 2 is 1.42 bits per heavy atom. The Kier molecular flexibility index (Phi) is 4.73. The number of methoxy groups -OCH3 is 2. The number of benzene rings is 2. The summed E-state index contributed by atoms with van der Waals surface area (Å²) in [6, 6.07) is 9.93. The predicted octanol–water partition coefficient (Wildman–Crippen LogP) is 3.31. The van der Waals surface area contributed by atoms with Crippen molar-refractivity contribution in [3.05, 3.63) is 47.5 Å². The number of ether oxygens (including phenoxy) is 3. The van der Waals surface area contributed by atoms with Gasteiger partial charge in [-0.2, -0.15) is 0 Å². The van der Waals surface area contributed by atoms with E-state index in [0.29, 0.717) is 17.1 Å². The maximum atomic E-state index is 11.1. The van der Waals surface area contributed by atoms with E-state index >= 15 is 0 Å². The van der Waals surface area contributed by atoms with Gasteiger partial charge in [0.15, 0.2) is 23.0 Å². The van der Waals surface area contributed by atoms with Gasteiger partial charge in [0.1, 0.15) is 6.10 Å². The number of phenolic OH excluding ortho intramolecular Hbond substituents is 2. The molecule has 140 valence electrons. The Hall–Kier alpha value is -2.44. The number of hydrogen-bond acceptors (Lipinski definition) is 6. The van der Waals surface area contributed by atoms with Crippen LogP contribution in [0.4, 0.5) is 0 Å². The molecule has 0 spiro atoms. The summed E-state index contributed by atoms with van der Waals surface area (Å²) in [5.74, 6) is 0.536. The van der Waals surface area contributed by atoms with E-state index in [1.807, 2.05) is 6.92 Å². The molecule has 0 bridgehead atoms. The van der Waals surface area contributed by atoms with Crippen LogP contribution in [0.5, 0.6) is 23.0 Å². The molecule has 1 aliphatic rings. The van der Waals surface area contributed by atoms with Gasteiger partial charge < -0.3 is 29.5 Å². The van der Waals surface area contributed by atoms with E-state index in [0.717, 1.165) is 5.56 Å². The fourth-order valence-corrected chi connectivity index (χ4v) is 3.46. The molecular formula is C20H24O6. The Bertz CT molecular complexity index is 801. The molecule has 0 aromatic heterocycles. The minimum Gasteiger partial charge on any atom is -0.504 e. The molecule has 4 atom stereocenters. The van der Waals surface area contributed by atoms with Crippen molar-refractivity contribution in [2.45, 2.75) is 31.7 Å². The molecule has 2 aromatic carbocycles. The monoisotopic (exact) mass is 360 g/mol. The molecule has 3 N–H and O–H groups in total. The van der Waals surface area contributed by atoms with Crippen LogP contribution in [0.15, 0.2) is 36.4 Å². The zero-order valence-electron chi connectivity index (χ0n) is 15.3. The van der Waals surface area contributed by atoms with Gasteiger partial charge in [0.25, 0.3) is 0 Å². The Labute approximate surface area is 152 Å². The SMILES string of the molecule is COc1cc([C@H]2O[C@@H](c3ccc(O)c(OC)c3)[C@H](C)[C@@]2(C)O)ccc1O. The number of phenols is 2. The largest absolute Gasteiger partial charge is 0.504 e. The van der Waals surface area contributed by atoms with E-state index in [1.54, 1.807) is 37.3 Å². The van der Waals surface area contributed by atoms with Crippen molar-refractivity contribution in [2.75, 3.05) is 14.2 Å². The van der Waals surface area contributed by atoms with Gasteiger partial charge in [0, 0.05) is 5.92 Å². The van der Waals surface area contributed by atoms with Crippen LogP contribution >= 0.6 is 0 Å². The molecule has 1 fully saturated rings. The van der Waals surface area contributed by atoms with Gasteiger partial charge in [0.2, 0.25) is 0 Å². The summed E-state index contributed by atoms with van der Waals surface area (Å²) in [6.07, 6.45) is -0.985. The zero-order valence-corrected chi connectivity index (χ0v) is 15.3. The van der Waals surface area contributed by atoms with E-state index in [-0.39, 0.29) is 23.5 Å². The lowest BCUT2D eigenvalue weighted by Crippen LogP contribution is -2.34. The molecule has 1 saturated heterocycles. The maximum Gasteiger partial charge on any atom is 0.160 e. The van der Waals surface area contributed by atoms with Crippen molar-refractivity contribution in [1.29, 1.82) is 0 Å². The minimum atomic E-state index is -1.14. The molecule has 6 nitrogen and oxygen atoms in total. The van der Waals surface area contributed by atoms with Crippen LogP contribution in [-0.2, 0) is 4.74 Å². The molecule has 3 rings (SSSR count). The van der Waals surface area contributed by atoms with Crippen molar-refractivity contribution in [1.82, 2.24) is 0 Å². The number of aliphatic hydroxyl groups is 1. The van der Waals surface area contributed by atoms with Crippen LogP contribution in [-0.4, -0.2) is 35.1 Å². The lowest BCUT2D eigenvalue weighted by atomic mass is 9.81. The summed E-state index contributed by atoms with van der Waals surface area (Å²) >= 11 is 0. The van der Waals surface area contributed by atoms with Crippen LogP contribution in [0, 0.1) is 5.92 Å². The van der Waals surface area contributed by atoms with Crippen molar-refractivity contribution in [3.63, 3.8) is 0 Å². The van der Waals surface area contributed by atoms with Crippen molar-refractivity contribution in [3.8, 4) is 23.0 Å². The summed E-state index contributed by atoms with van der Waals surface area (Å²) in [5.41, 5.74) is 0.378. The first-order valence-electron chi connectivity index (χ1n) is 8.41. The van der Waals surface area contributed by atoms with Gasteiger partial charge in [-0.05, 0) is 42.3 Å². The summed E-state index contributed by atoms with van der Waals surface area (Å²) < 4.78 is 16.6. The molecule has 1 heterocycles. The first-order chi connectivity index (χ1) is 12.3. The number of hydrogen-bond donors (Lipinski definition) is 3. The lowest BCUT2D eigenvalue weighted by Gasteiger charge is -2.28. The molecule has 0 saturated carbocycles. The standard InChI is InChI=1S/C20H24O6/c1-11-18(12-5-7-14(21)16(9-12)24-3)26-19(20(11,2)23)13-6-8-15(22)17(10-13)25-4/h5-11,18-19,21-23H,1-4H3/t11-,18+,19+,20+/m0/s1. The highest BCUT2D eigenvalue weighted by atomic mass is 16.5.